The molecule has 1 aliphatic carbocycles. The molecule has 0 spiro atoms. The number of thiazole rings is 1. The van der Waals surface area contributed by atoms with Gasteiger partial charge in [0.25, 0.3) is 11.8 Å². The number of carbonyl (C=O) groups excluding carboxylic acids is 2. The Hall–Kier alpha value is -4.38. The van der Waals surface area contributed by atoms with Gasteiger partial charge >= 0.3 is 6.36 Å². The normalized spacial score (nSPS) is 13.0. The summed E-state index contributed by atoms with van der Waals surface area (Å²) in [7, 11) is 0. The van der Waals surface area contributed by atoms with Crippen LogP contribution in [0.4, 0.5) is 13.2 Å². The molecular weight excluding hydrogens is 555 g/mol. The Labute approximate surface area is 238 Å². The van der Waals surface area contributed by atoms with Crippen molar-refractivity contribution in [1.82, 2.24) is 15.6 Å². The summed E-state index contributed by atoms with van der Waals surface area (Å²) in [5.74, 6) is -0.893. The standard InChI is InChI=1S/C30H26F3N3O4S/c31-30(32,33)40-22-13-11-21(12-14-22)39-17-27(37)34-16-28-36-26(18-41-28)29(38)35-15-25-23-7-3-1-5-19(23)9-10-20-6-2-4-8-24(20)25/h1-8,11-14,18,25H,9-10,15-17H2,(H,34,37)(H,35,38). The van der Waals surface area contributed by atoms with Crippen LogP contribution < -0.4 is 20.1 Å². The van der Waals surface area contributed by atoms with Crippen LogP contribution in [0.5, 0.6) is 11.5 Å². The summed E-state index contributed by atoms with van der Waals surface area (Å²) in [4.78, 5) is 29.5. The summed E-state index contributed by atoms with van der Waals surface area (Å²) in [6.45, 7) is 0.182. The smallest absolute Gasteiger partial charge is 0.484 e. The molecule has 0 saturated heterocycles. The Kier molecular flexibility index (Phi) is 8.53. The number of ether oxygens (including phenoxy) is 2. The molecule has 3 aromatic carbocycles. The average Bonchev–Trinajstić information content (AvgIpc) is 3.38. The summed E-state index contributed by atoms with van der Waals surface area (Å²) >= 11 is 1.25. The number of carbonyl (C=O) groups is 2. The lowest BCUT2D eigenvalue weighted by Gasteiger charge is -2.20. The number of rotatable bonds is 9. The van der Waals surface area contributed by atoms with Crippen molar-refractivity contribution in [1.29, 1.82) is 0 Å². The van der Waals surface area contributed by atoms with Gasteiger partial charge in [-0.1, -0.05) is 48.5 Å². The summed E-state index contributed by atoms with van der Waals surface area (Å²) in [6.07, 6.45) is -2.88. The van der Waals surface area contributed by atoms with Gasteiger partial charge in [0.05, 0.1) is 6.54 Å². The molecule has 1 aliphatic rings. The van der Waals surface area contributed by atoms with Crippen LogP contribution in [0.1, 0.15) is 43.7 Å². The predicted octanol–water partition coefficient (Wildman–Crippen LogP) is 5.40. The topological polar surface area (TPSA) is 89.6 Å². The Morgan fingerprint density at radius 2 is 1.49 bits per heavy atom. The minimum Gasteiger partial charge on any atom is -0.484 e. The first-order chi connectivity index (χ1) is 19.7. The van der Waals surface area contributed by atoms with Crippen LogP contribution in [0.2, 0.25) is 0 Å². The molecule has 11 heteroatoms. The van der Waals surface area contributed by atoms with Crippen LogP contribution in [-0.4, -0.2) is 36.3 Å². The third-order valence-electron chi connectivity index (χ3n) is 6.64. The second-order valence-corrected chi connectivity index (χ2v) is 10.3. The van der Waals surface area contributed by atoms with Gasteiger partial charge in [-0.2, -0.15) is 0 Å². The predicted molar refractivity (Wildman–Crippen MR) is 147 cm³/mol. The zero-order chi connectivity index (χ0) is 28.8. The van der Waals surface area contributed by atoms with Crippen molar-refractivity contribution >= 4 is 23.2 Å². The molecule has 1 heterocycles. The fourth-order valence-corrected chi connectivity index (χ4v) is 5.47. The molecule has 0 fully saturated rings. The van der Waals surface area contributed by atoms with E-state index < -0.39 is 12.3 Å². The fraction of sp³-hybridized carbons (Fsp3) is 0.233. The second-order valence-electron chi connectivity index (χ2n) is 9.37. The van der Waals surface area contributed by atoms with Crippen LogP contribution in [0.25, 0.3) is 0 Å². The van der Waals surface area contributed by atoms with Crippen LogP contribution in [0.15, 0.2) is 78.2 Å². The van der Waals surface area contributed by atoms with E-state index in [1.54, 1.807) is 5.38 Å². The molecule has 7 nitrogen and oxygen atoms in total. The van der Waals surface area contributed by atoms with Gasteiger partial charge < -0.3 is 20.1 Å². The Morgan fingerprint density at radius 3 is 2.12 bits per heavy atom. The van der Waals surface area contributed by atoms with E-state index in [4.69, 9.17) is 4.74 Å². The van der Waals surface area contributed by atoms with E-state index in [2.05, 4.69) is 44.6 Å². The maximum atomic E-state index is 13.0. The first-order valence-corrected chi connectivity index (χ1v) is 13.8. The van der Waals surface area contributed by atoms with Gasteiger partial charge in [-0.3, -0.25) is 9.59 Å². The number of fused-ring (bicyclic) bond motifs is 2. The van der Waals surface area contributed by atoms with E-state index in [9.17, 15) is 22.8 Å². The third kappa shape index (κ3) is 7.43. The number of nitrogens with zero attached hydrogens (tertiary/aromatic N) is 1. The first-order valence-electron chi connectivity index (χ1n) is 12.9. The lowest BCUT2D eigenvalue weighted by molar-refractivity contribution is -0.274. The second kappa shape index (κ2) is 12.4. The van der Waals surface area contributed by atoms with Gasteiger partial charge in [-0.25, -0.2) is 4.98 Å². The molecule has 0 unspecified atom stereocenters. The van der Waals surface area contributed by atoms with Crippen LogP contribution in [0, 0.1) is 0 Å². The van der Waals surface area contributed by atoms with Crippen LogP contribution in [0.3, 0.4) is 0 Å². The van der Waals surface area contributed by atoms with Crippen molar-refractivity contribution in [2.24, 2.45) is 0 Å². The molecular formula is C30H26F3N3O4S. The lowest BCUT2D eigenvalue weighted by atomic mass is 9.88. The molecule has 41 heavy (non-hydrogen) atoms. The lowest BCUT2D eigenvalue weighted by Crippen LogP contribution is -2.30. The van der Waals surface area contributed by atoms with E-state index >= 15 is 0 Å². The van der Waals surface area contributed by atoms with Crippen molar-refractivity contribution < 1.29 is 32.2 Å². The van der Waals surface area contributed by atoms with E-state index in [0.717, 1.165) is 25.0 Å². The Morgan fingerprint density at radius 1 is 0.878 bits per heavy atom. The minimum atomic E-state index is -4.79. The van der Waals surface area contributed by atoms with Crippen molar-refractivity contribution in [3.8, 4) is 11.5 Å². The number of benzene rings is 3. The van der Waals surface area contributed by atoms with Gasteiger partial charge in [-0.15, -0.1) is 24.5 Å². The monoisotopic (exact) mass is 581 g/mol. The van der Waals surface area contributed by atoms with Crippen LogP contribution >= 0.6 is 11.3 Å². The first kappa shape index (κ1) is 28.2. The summed E-state index contributed by atoms with van der Waals surface area (Å²) < 4.78 is 45.9. The molecule has 4 aromatic rings. The van der Waals surface area contributed by atoms with Gasteiger partial charge in [-0.05, 0) is 59.4 Å². The summed E-state index contributed by atoms with van der Waals surface area (Å²) in [5, 5.41) is 7.88. The molecule has 2 amide bonds. The molecule has 0 atom stereocenters. The van der Waals surface area contributed by atoms with Gasteiger partial charge in [0.2, 0.25) is 0 Å². The number of aromatic nitrogens is 1. The maximum absolute atomic E-state index is 13.0. The summed E-state index contributed by atoms with van der Waals surface area (Å²) in [5.41, 5.74) is 5.27. The highest BCUT2D eigenvalue weighted by Gasteiger charge is 2.31. The van der Waals surface area contributed by atoms with E-state index in [1.165, 1.54) is 45.7 Å². The number of halogens is 3. The van der Waals surface area contributed by atoms with Gasteiger partial charge in [0.1, 0.15) is 22.2 Å². The largest absolute Gasteiger partial charge is 0.573 e. The Balaban J connectivity index is 1.12. The minimum absolute atomic E-state index is 0.0274. The number of alkyl halides is 3. The fourth-order valence-electron chi connectivity index (χ4n) is 4.75. The quantitative estimate of drug-likeness (QED) is 0.277. The van der Waals surface area contributed by atoms with Crippen molar-refractivity contribution in [2.45, 2.75) is 31.7 Å². The van der Waals surface area contributed by atoms with E-state index in [-0.39, 0.29) is 42.2 Å². The van der Waals surface area contributed by atoms with Crippen LogP contribution in [-0.2, 0) is 24.2 Å². The highest BCUT2D eigenvalue weighted by molar-refractivity contribution is 7.09. The van der Waals surface area contributed by atoms with Crippen molar-refractivity contribution in [2.75, 3.05) is 13.2 Å². The van der Waals surface area contributed by atoms with Crippen molar-refractivity contribution in [3.05, 3.63) is 111 Å². The van der Waals surface area contributed by atoms with Gasteiger partial charge in [0.15, 0.2) is 6.61 Å². The maximum Gasteiger partial charge on any atom is 0.573 e. The third-order valence-corrected chi connectivity index (χ3v) is 7.49. The highest BCUT2D eigenvalue weighted by Crippen LogP contribution is 2.34. The number of hydrogen-bond acceptors (Lipinski definition) is 6. The number of nitrogens with one attached hydrogen (secondary N) is 2. The van der Waals surface area contributed by atoms with E-state index in [1.807, 2.05) is 24.3 Å². The molecule has 0 bridgehead atoms. The number of aryl methyl sites for hydroxylation is 2. The summed E-state index contributed by atoms with van der Waals surface area (Å²) in [6, 6.07) is 21.4. The van der Waals surface area contributed by atoms with E-state index in [0.29, 0.717) is 11.6 Å². The molecule has 212 valence electrons. The number of amides is 2. The average molecular weight is 582 g/mol. The highest BCUT2D eigenvalue weighted by atomic mass is 32.1. The van der Waals surface area contributed by atoms with Crippen molar-refractivity contribution in [3.63, 3.8) is 0 Å². The molecule has 1 aromatic heterocycles. The zero-order valence-electron chi connectivity index (χ0n) is 21.7. The zero-order valence-corrected chi connectivity index (χ0v) is 22.6. The Bertz CT molecular complexity index is 1470. The molecule has 0 aliphatic heterocycles. The number of hydrogen-bond donors (Lipinski definition) is 2. The SMILES string of the molecule is O=C(COc1ccc(OC(F)(F)F)cc1)NCc1nc(C(=O)NCC2c3ccccc3CCc3ccccc32)cs1. The molecule has 0 saturated carbocycles. The molecule has 0 radical (unpaired) electrons. The molecule has 2 N–H and O–H groups in total. The van der Waals surface area contributed by atoms with Gasteiger partial charge in [0, 0.05) is 17.8 Å². The molecule has 5 rings (SSSR count).